The van der Waals surface area contributed by atoms with Gasteiger partial charge in [0.2, 0.25) is 0 Å². The average Bonchev–Trinajstić information content (AvgIpc) is 3.31. The Hall–Kier alpha value is -5.40. The summed E-state index contributed by atoms with van der Waals surface area (Å²) in [5, 5.41) is 2.47. The molecule has 0 bridgehead atoms. The Balaban J connectivity index is 1.37. The lowest BCUT2D eigenvalue weighted by molar-refractivity contribution is 0.660. The topological polar surface area (TPSA) is 3.24 Å². The Morgan fingerprint density at radius 1 is 0.386 bits per heavy atom. The molecule has 0 aromatic heterocycles. The van der Waals surface area contributed by atoms with Crippen molar-refractivity contribution in [2.45, 2.75) is 19.3 Å². The first kappa shape index (κ1) is 26.2. The molecule has 0 unspecified atom stereocenters. The highest BCUT2D eigenvalue weighted by Gasteiger charge is 2.35. The molecule has 0 aliphatic heterocycles. The summed E-state index contributed by atoms with van der Waals surface area (Å²) in [4.78, 5) is 2.45. The Morgan fingerprint density at radius 2 is 0.955 bits per heavy atom. The fraction of sp³-hybridized carbons (Fsp3) is 0.0698. The van der Waals surface area contributed by atoms with E-state index in [1.807, 2.05) is 0 Å². The van der Waals surface area contributed by atoms with E-state index >= 15 is 0 Å². The molecule has 0 radical (unpaired) electrons. The zero-order chi connectivity index (χ0) is 29.7. The summed E-state index contributed by atoms with van der Waals surface area (Å²) in [5.41, 5.74) is 13.6. The quantitative estimate of drug-likeness (QED) is 0.201. The molecular weight excluding hydrogens is 530 g/mol. The van der Waals surface area contributed by atoms with Crippen LogP contribution in [0.4, 0.5) is 17.1 Å². The maximum Gasteiger partial charge on any atom is 0.0540 e. The van der Waals surface area contributed by atoms with Crippen LogP contribution in [0.3, 0.4) is 0 Å². The molecule has 1 aliphatic rings. The van der Waals surface area contributed by atoms with Gasteiger partial charge in [0, 0.05) is 22.4 Å². The SMILES string of the molecule is CC1(C)c2ccccc2-c2ccc(N(c3ccc4ccccc4c3)c3ccccc3-c3ccccc3-c3ccccc3)cc21. The molecule has 44 heavy (non-hydrogen) atoms. The summed E-state index contributed by atoms with van der Waals surface area (Å²) in [5.74, 6) is 0. The third-order valence-electron chi connectivity index (χ3n) is 9.26. The van der Waals surface area contributed by atoms with Gasteiger partial charge in [0.15, 0.2) is 0 Å². The minimum atomic E-state index is -0.0869. The largest absolute Gasteiger partial charge is 0.310 e. The Labute approximate surface area is 259 Å². The molecule has 7 aromatic rings. The van der Waals surface area contributed by atoms with Crippen LogP contribution >= 0.6 is 0 Å². The third kappa shape index (κ3) is 4.24. The van der Waals surface area contributed by atoms with Gasteiger partial charge in [-0.15, -0.1) is 0 Å². The Kier molecular flexibility index (Phi) is 6.20. The van der Waals surface area contributed by atoms with E-state index in [0.29, 0.717) is 0 Å². The van der Waals surface area contributed by atoms with Crippen LogP contribution in [0.2, 0.25) is 0 Å². The zero-order valence-corrected chi connectivity index (χ0v) is 25.0. The Bertz CT molecular complexity index is 2150. The molecule has 8 rings (SSSR count). The standard InChI is InChI=1S/C43H33N/c1-43(2)40-22-12-10-20-37(40)38-27-26-34(29-41(38)43)44(33-25-24-30-14-6-7-17-32(30)28-33)42-23-13-11-21-39(42)36-19-9-8-18-35(36)31-15-4-3-5-16-31/h3-29H,1-2H3. The van der Waals surface area contributed by atoms with Crippen molar-refractivity contribution in [3.8, 4) is 33.4 Å². The molecule has 0 amide bonds. The fourth-order valence-electron chi connectivity index (χ4n) is 7.06. The van der Waals surface area contributed by atoms with E-state index in [9.17, 15) is 0 Å². The summed E-state index contributed by atoms with van der Waals surface area (Å²) in [7, 11) is 0. The predicted octanol–water partition coefficient (Wildman–Crippen LogP) is 11.9. The number of nitrogens with zero attached hydrogens (tertiary/aromatic N) is 1. The molecule has 0 fully saturated rings. The summed E-state index contributed by atoms with van der Waals surface area (Å²) in [6.07, 6.45) is 0. The van der Waals surface area contributed by atoms with Gasteiger partial charge in [-0.1, -0.05) is 147 Å². The third-order valence-corrected chi connectivity index (χ3v) is 9.26. The number of rotatable bonds is 5. The molecule has 0 saturated heterocycles. The van der Waals surface area contributed by atoms with E-state index in [2.05, 4.69) is 183 Å². The molecule has 0 spiro atoms. The molecule has 0 heterocycles. The normalized spacial score (nSPS) is 13.0. The van der Waals surface area contributed by atoms with Crippen molar-refractivity contribution < 1.29 is 0 Å². The summed E-state index contributed by atoms with van der Waals surface area (Å²) in [6, 6.07) is 59.7. The molecule has 7 aromatic carbocycles. The van der Waals surface area contributed by atoms with Gasteiger partial charge in [0.05, 0.1) is 5.69 Å². The van der Waals surface area contributed by atoms with Crippen LogP contribution in [-0.4, -0.2) is 0 Å². The number of benzene rings is 7. The van der Waals surface area contributed by atoms with Gasteiger partial charge in [0.1, 0.15) is 0 Å². The van der Waals surface area contributed by atoms with E-state index in [1.165, 1.54) is 55.3 Å². The first-order chi connectivity index (χ1) is 21.6. The maximum absolute atomic E-state index is 2.45. The van der Waals surface area contributed by atoms with Crippen LogP contribution in [-0.2, 0) is 5.41 Å². The van der Waals surface area contributed by atoms with E-state index < -0.39 is 0 Å². The molecule has 210 valence electrons. The molecule has 1 aliphatic carbocycles. The summed E-state index contributed by atoms with van der Waals surface area (Å²) < 4.78 is 0. The van der Waals surface area contributed by atoms with E-state index in [-0.39, 0.29) is 5.41 Å². The van der Waals surface area contributed by atoms with Crippen LogP contribution in [0.1, 0.15) is 25.0 Å². The molecule has 1 nitrogen and oxygen atoms in total. The molecular formula is C43H33N. The van der Waals surface area contributed by atoms with Gasteiger partial charge in [0.25, 0.3) is 0 Å². The minimum absolute atomic E-state index is 0.0869. The second kappa shape index (κ2) is 10.4. The monoisotopic (exact) mass is 563 g/mol. The fourth-order valence-corrected chi connectivity index (χ4v) is 7.06. The lowest BCUT2D eigenvalue weighted by Crippen LogP contribution is -2.17. The van der Waals surface area contributed by atoms with E-state index in [4.69, 9.17) is 0 Å². The summed E-state index contributed by atoms with van der Waals surface area (Å²) >= 11 is 0. The second-order valence-electron chi connectivity index (χ2n) is 12.2. The number of para-hydroxylation sites is 1. The van der Waals surface area contributed by atoms with Crippen molar-refractivity contribution in [3.63, 3.8) is 0 Å². The smallest absolute Gasteiger partial charge is 0.0540 e. The first-order valence-electron chi connectivity index (χ1n) is 15.4. The minimum Gasteiger partial charge on any atom is -0.310 e. The van der Waals surface area contributed by atoms with Crippen molar-refractivity contribution in [3.05, 3.63) is 175 Å². The second-order valence-corrected chi connectivity index (χ2v) is 12.2. The molecule has 0 N–H and O–H groups in total. The number of fused-ring (bicyclic) bond motifs is 4. The first-order valence-corrected chi connectivity index (χ1v) is 15.4. The van der Waals surface area contributed by atoms with E-state index in [0.717, 1.165) is 17.1 Å². The van der Waals surface area contributed by atoms with Crippen molar-refractivity contribution in [1.29, 1.82) is 0 Å². The van der Waals surface area contributed by atoms with Crippen molar-refractivity contribution in [2.75, 3.05) is 4.90 Å². The van der Waals surface area contributed by atoms with E-state index in [1.54, 1.807) is 0 Å². The Morgan fingerprint density at radius 3 is 1.77 bits per heavy atom. The molecule has 0 atom stereocenters. The lowest BCUT2D eigenvalue weighted by Gasteiger charge is -2.30. The van der Waals surface area contributed by atoms with Gasteiger partial charge >= 0.3 is 0 Å². The predicted molar refractivity (Wildman–Crippen MR) is 187 cm³/mol. The molecule has 0 saturated carbocycles. The lowest BCUT2D eigenvalue weighted by atomic mass is 9.82. The highest BCUT2D eigenvalue weighted by atomic mass is 15.1. The number of anilines is 3. The highest BCUT2D eigenvalue weighted by Crippen LogP contribution is 2.51. The van der Waals surface area contributed by atoms with Crippen LogP contribution < -0.4 is 4.90 Å². The van der Waals surface area contributed by atoms with Gasteiger partial charge in [-0.3, -0.25) is 0 Å². The highest BCUT2D eigenvalue weighted by molar-refractivity contribution is 5.96. The number of hydrogen-bond acceptors (Lipinski definition) is 1. The van der Waals surface area contributed by atoms with Gasteiger partial charge < -0.3 is 4.90 Å². The van der Waals surface area contributed by atoms with Gasteiger partial charge in [-0.05, 0) is 80.0 Å². The zero-order valence-electron chi connectivity index (χ0n) is 25.0. The van der Waals surface area contributed by atoms with Crippen molar-refractivity contribution in [2.24, 2.45) is 0 Å². The van der Waals surface area contributed by atoms with Crippen LogP contribution in [0.15, 0.2) is 164 Å². The average molecular weight is 564 g/mol. The number of hydrogen-bond donors (Lipinski definition) is 0. The summed E-state index contributed by atoms with van der Waals surface area (Å²) in [6.45, 7) is 4.71. The maximum atomic E-state index is 2.45. The van der Waals surface area contributed by atoms with Crippen molar-refractivity contribution >= 4 is 27.8 Å². The van der Waals surface area contributed by atoms with Gasteiger partial charge in [-0.2, -0.15) is 0 Å². The van der Waals surface area contributed by atoms with Crippen LogP contribution in [0, 0.1) is 0 Å². The van der Waals surface area contributed by atoms with Crippen LogP contribution in [0.25, 0.3) is 44.2 Å². The van der Waals surface area contributed by atoms with Gasteiger partial charge in [-0.25, -0.2) is 0 Å². The molecule has 1 heteroatoms. The van der Waals surface area contributed by atoms with Crippen molar-refractivity contribution in [1.82, 2.24) is 0 Å². The van der Waals surface area contributed by atoms with Crippen LogP contribution in [0.5, 0.6) is 0 Å².